The van der Waals surface area contributed by atoms with E-state index in [1.165, 1.54) is 17.5 Å². The minimum Gasteiger partial charge on any atom is -0.454 e. The van der Waals surface area contributed by atoms with Crippen LogP contribution in [-0.4, -0.2) is 20.4 Å². The van der Waals surface area contributed by atoms with Crippen molar-refractivity contribution in [2.24, 2.45) is 0 Å². The Labute approximate surface area is 107 Å². The second-order valence-corrected chi connectivity index (χ2v) is 5.16. The highest BCUT2D eigenvalue weighted by Gasteiger charge is 2.33. The van der Waals surface area contributed by atoms with E-state index in [0.717, 1.165) is 24.5 Å². The van der Waals surface area contributed by atoms with E-state index in [-0.39, 0.29) is 5.54 Å². The summed E-state index contributed by atoms with van der Waals surface area (Å²) in [6.45, 7) is 4.23. The van der Waals surface area contributed by atoms with Crippen LogP contribution >= 0.6 is 0 Å². The van der Waals surface area contributed by atoms with Crippen LogP contribution in [0, 0.1) is 0 Å². The normalized spacial score (nSPS) is 25.7. The predicted octanol–water partition coefficient (Wildman–Crippen LogP) is 2.16. The topological polar surface area (TPSA) is 39.7 Å². The van der Waals surface area contributed by atoms with Gasteiger partial charge in [0.05, 0.1) is 6.61 Å². The van der Waals surface area contributed by atoms with Crippen LogP contribution in [0.25, 0.3) is 0 Å². The Morgan fingerprint density at radius 2 is 2.11 bits per heavy atom. The summed E-state index contributed by atoms with van der Waals surface area (Å²) in [5, 5.41) is 3.59. The monoisotopic (exact) mass is 249 g/mol. The standard InChI is InChI=1S/C14H19NO3/c1-14(4-3-5-15-14)11-7-13-12(17-9-18-13)6-10(11)8-16-2/h6-7,15H,3-5,8-9H2,1-2H3. The fraction of sp³-hybridized carbons (Fsp3) is 0.571. The first-order valence-electron chi connectivity index (χ1n) is 6.40. The van der Waals surface area contributed by atoms with E-state index in [2.05, 4.69) is 18.3 Å². The molecule has 0 aromatic heterocycles. The molecule has 4 nitrogen and oxygen atoms in total. The molecule has 0 spiro atoms. The molecule has 1 unspecified atom stereocenters. The molecule has 4 heteroatoms. The van der Waals surface area contributed by atoms with Crippen LogP contribution in [0.3, 0.4) is 0 Å². The Bertz CT molecular complexity index is 453. The van der Waals surface area contributed by atoms with E-state index in [1.807, 2.05) is 6.07 Å². The maximum atomic E-state index is 5.49. The van der Waals surface area contributed by atoms with Gasteiger partial charge in [0.15, 0.2) is 11.5 Å². The molecule has 1 aromatic carbocycles. The molecule has 2 aliphatic heterocycles. The van der Waals surface area contributed by atoms with Gasteiger partial charge in [0.2, 0.25) is 6.79 Å². The van der Waals surface area contributed by atoms with Crippen molar-refractivity contribution < 1.29 is 14.2 Å². The molecule has 1 atom stereocenters. The molecule has 98 valence electrons. The lowest BCUT2D eigenvalue weighted by Crippen LogP contribution is -2.34. The molecular weight excluding hydrogens is 230 g/mol. The molecule has 0 saturated carbocycles. The zero-order valence-electron chi connectivity index (χ0n) is 10.9. The van der Waals surface area contributed by atoms with Crippen molar-refractivity contribution in [3.63, 3.8) is 0 Å². The minimum absolute atomic E-state index is 0.0227. The molecule has 1 aromatic rings. The molecule has 0 bridgehead atoms. The van der Waals surface area contributed by atoms with E-state index >= 15 is 0 Å². The van der Waals surface area contributed by atoms with E-state index < -0.39 is 0 Å². The van der Waals surface area contributed by atoms with Crippen LogP contribution in [0.5, 0.6) is 11.5 Å². The molecule has 0 amide bonds. The van der Waals surface area contributed by atoms with Crippen molar-refractivity contribution in [2.45, 2.75) is 31.9 Å². The second-order valence-electron chi connectivity index (χ2n) is 5.16. The summed E-state index contributed by atoms with van der Waals surface area (Å²) < 4.78 is 16.2. The quantitative estimate of drug-likeness (QED) is 0.891. The summed E-state index contributed by atoms with van der Waals surface area (Å²) in [6, 6.07) is 4.15. The first-order chi connectivity index (χ1) is 8.73. The van der Waals surface area contributed by atoms with Gasteiger partial charge in [-0.2, -0.15) is 0 Å². The van der Waals surface area contributed by atoms with Crippen molar-refractivity contribution in [1.82, 2.24) is 5.32 Å². The number of fused-ring (bicyclic) bond motifs is 1. The smallest absolute Gasteiger partial charge is 0.231 e. The van der Waals surface area contributed by atoms with Crippen LogP contribution in [0.4, 0.5) is 0 Å². The van der Waals surface area contributed by atoms with Gasteiger partial charge in [-0.1, -0.05) is 0 Å². The molecule has 0 radical (unpaired) electrons. The van der Waals surface area contributed by atoms with Crippen LogP contribution in [-0.2, 0) is 16.9 Å². The Morgan fingerprint density at radius 3 is 2.78 bits per heavy atom. The SMILES string of the molecule is COCc1cc2c(cc1C1(C)CCCN1)OCO2. The molecular formula is C14H19NO3. The second kappa shape index (κ2) is 4.44. The zero-order valence-corrected chi connectivity index (χ0v) is 10.9. The van der Waals surface area contributed by atoms with Crippen molar-refractivity contribution in [3.8, 4) is 11.5 Å². The molecule has 1 saturated heterocycles. The number of nitrogens with one attached hydrogen (secondary N) is 1. The van der Waals surface area contributed by atoms with Crippen LogP contribution in [0.2, 0.25) is 0 Å². The summed E-state index contributed by atoms with van der Waals surface area (Å²) >= 11 is 0. The average Bonchev–Trinajstić information content (AvgIpc) is 2.97. The lowest BCUT2D eigenvalue weighted by Gasteiger charge is -2.28. The average molecular weight is 249 g/mol. The fourth-order valence-electron chi connectivity index (χ4n) is 2.90. The van der Waals surface area contributed by atoms with E-state index in [0.29, 0.717) is 13.4 Å². The number of benzene rings is 1. The lowest BCUT2D eigenvalue weighted by atomic mass is 9.86. The lowest BCUT2D eigenvalue weighted by molar-refractivity contribution is 0.173. The summed E-state index contributed by atoms with van der Waals surface area (Å²) in [5.74, 6) is 1.67. The minimum atomic E-state index is 0.0227. The van der Waals surface area contributed by atoms with Gasteiger partial charge in [-0.05, 0) is 49.6 Å². The molecule has 1 N–H and O–H groups in total. The van der Waals surface area contributed by atoms with Gasteiger partial charge in [0.1, 0.15) is 0 Å². The highest BCUT2D eigenvalue weighted by atomic mass is 16.7. The van der Waals surface area contributed by atoms with Crippen molar-refractivity contribution >= 4 is 0 Å². The summed E-state index contributed by atoms with van der Waals surface area (Å²) in [5.41, 5.74) is 2.47. The number of ether oxygens (including phenoxy) is 3. The van der Waals surface area contributed by atoms with Gasteiger partial charge >= 0.3 is 0 Å². The highest BCUT2D eigenvalue weighted by Crippen LogP contribution is 2.41. The Hall–Kier alpha value is -1.26. The van der Waals surface area contributed by atoms with Gasteiger partial charge in [0, 0.05) is 12.6 Å². The maximum absolute atomic E-state index is 5.49. The predicted molar refractivity (Wildman–Crippen MR) is 67.9 cm³/mol. The van der Waals surface area contributed by atoms with Crippen molar-refractivity contribution in [1.29, 1.82) is 0 Å². The Morgan fingerprint density at radius 1 is 1.33 bits per heavy atom. The molecule has 18 heavy (non-hydrogen) atoms. The maximum Gasteiger partial charge on any atom is 0.231 e. The molecule has 2 heterocycles. The number of methoxy groups -OCH3 is 1. The van der Waals surface area contributed by atoms with Crippen LogP contribution < -0.4 is 14.8 Å². The number of rotatable bonds is 3. The van der Waals surface area contributed by atoms with Gasteiger partial charge in [0.25, 0.3) is 0 Å². The number of hydrogen-bond donors (Lipinski definition) is 1. The fourth-order valence-corrected chi connectivity index (χ4v) is 2.90. The third-order valence-electron chi connectivity index (χ3n) is 3.86. The van der Waals surface area contributed by atoms with E-state index in [1.54, 1.807) is 7.11 Å². The first kappa shape index (κ1) is 11.8. The zero-order chi connectivity index (χ0) is 12.6. The molecule has 2 aliphatic rings. The summed E-state index contributed by atoms with van der Waals surface area (Å²) in [6.07, 6.45) is 2.35. The van der Waals surface area contributed by atoms with Gasteiger partial charge in [-0.15, -0.1) is 0 Å². The van der Waals surface area contributed by atoms with Gasteiger partial charge < -0.3 is 19.5 Å². The van der Waals surface area contributed by atoms with Gasteiger partial charge in [-0.3, -0.25) is 0 Å². The Kier molecular flexibility index (Phi) is 2.92. The van der Waals surface area contributed by atoms with Crippen molar-refractivity contribution in [2.75, 3.05) is 20.4 Å². The largest absolute Gasteiger partial charge is 0.454 e. The Balaban J connectivity index is 2.05. The van der Waals surface area contributed by atoms with Crippen LogP contribution in [0.15, 0.2) is 12.1 Å². The van der Waals surface area contributed by atoms with Crippen LogP contribution in [0.1, 0.15) is 30.9 Å². The summed E-state index contributed by atoms with van der Waals surface area (Å²) in [7, 11) is 1.72. The first-order valence-corrected chi connectivity index (χ1v) is 6.40. The molecule has 0 aliphatic carbocycles. The number of hydrogen-bond acceptors (Lipinski definition) is 4. The van der Waals surface area contributed by atoms with E-state index in [9.17, 15) is 0 Å². The van der Waals surface area contributed by atoms with Crippen molar-refractivity contribution in [3.05, 3.63) is 23.3 Å². The highest BCUT2D eigenvalue weighted by molar-refractivity contribution is 5.51. The van der Waals surface area contributed by atoms with Gasteiger partial charge in [-0.25, -0.2) is 0 Å². The molecule has 1 fully saturated rings. The third-order valence-corrected chi connectivity index (χ3v) is 3.86. The summed E-state index contributed by atoms with van der Waals surface area (Å²) in [4.78, 5) is 0. The molecule has 3 rings (SSSR count). The van der Waals surface area contributed by atoms with E-state index in [4.69, 9.17) is 14.2 Å². The third kappa shape index (κ3) is 1.85.